The van der Waals surface area contributed by atoms with Crippen molar-refractivity contribution in [2.45, 2.75) is 25.4 Å². The SMILES string of the molecule is CNC1CCCN(CC(=O)NC(=O)NCc2ccccc2)C1.Cl. The molecule has 1 aliphatic heterocycles. The average molecular weight is 341 g/mol. The summed E-state index contributed by atoms with van der Waals surface area (Å²) in [6.07, 6.45) is 2.20. The lowest BCUT2D eigenvalue weighted by Crippen LogP contribution is -2.49. The molecule has 128 valence electrons. The van der Waals surface area contributed by atoms with Crippen molar-refractivity contribution in [1.82, 2.24) is 20.9 Å². The van der Waals surface area contributed by atoms with Crippen LogP contribution < -0.4 is 16.0 Å². The molecule has 6 nitrogen and oxygen atoms in total. The van der Waals surface area contributed by atoms with E-state index in [4.69, 9.17) is 0 Å². The van der Waals surface area contributed by atoms with E-state index in [1.54, 1.807) is 0 Å². The highest BCUT2D eigenvalue weighted by Crippen LogP contribution is 2.08. The zero-order chi connectivity index (χ0) is 15.8. The fourth-order valence-electron chi connectivity index (χ4n) is 2.63. The summed E-state index contributed by atoms with van der Waals surface area (Å²) in [6.45, 7) is 2.41. The summed E-state index contributed by atoms with van der Waals surface area (Å²) < 4.78 is 0. The number of halogens is 1. The molecular formula is C16H25ClN4O2. The van der Waals surface area contributed by atoms with Crippen molar-refractivity contribution in [2.75, 3.05) is 26.7 Å². The molecule has 1 atom stereocenters. The maximum atomic E-state index is 11.9. The molecule has 2 rings (SSSR count). The third kappa shape index (κ3) is 6.99. The highest BCUT2D eigenvalue weighted by Gasteiger charge is 2.20. The van der Waals surface area contributed by atoms with Gasteiger partial charge in [0.05, 0.1) is 6.54 Å². The van der Waals surface area contributed by atoms with E-state index in [2.05, 4.69) is 20.9 Å². The summed E-state index contributed by atoms with van der Waals surface area (Å²) in [4.78, 5) is 25.7. The van der Waals surface area contributed by atoms with Crippen molar-refractivity contribution in [3.05, 3.63) is 35.9 Å². The van der Waals surface area contributed by atoms with Crippen LogP contribution in [0.1, 0.15) is 18.4 Å². The van der Waals surface area contributed by atoms with Crippen LogP contribution in [-0.4, -0.2) is 49.6 Å². The minimum atomic E-state index is -0.448. The number of hydrogen-bond acceptors (Lipinski definition) is 4. The molecule has 7 heteroatoms. The maximum Gasteiger partial charge on any atom is 0.321 e. The molecule has 1 aromatic carbocycles. The predicted octanol–water partition coefficient (Wildman–Crippen LogP) is 1.12. The maximum absolute atomic E-state index is 11.9. The van der Waals surface area contributed by atoms with Crippen LogP contribution in [-0.2, 0) is 11.3 Å². The van der Waals surface area contributed by atoms with E-state index in [0.29, 0.717) is 12.6 Å². The van der Waals surface area contributed by atoms with Gasteiger partial charge in [0.15, 0.2) is 0 Å². The molecule has 1 aromatic rings. The minimum absolute atomic E-state index is 0. The van der Waals surface area contributed by atoms with Gasteiger partial charge in [0.2, 0.25) is 5.91 Å². The van der Waals surface area contributed by atoms with Gasteiger partial charge < -0.3 is 10.6 Å². The van der Waals surface area contributed by atoms with Gasteiger partial charge in [-0.3, -0.25) is 15.0 Å². The van der Waals surface area contributed by atoms with Gasteiger partial charge in [0.1, 0.15) is 0 Å². The quantitative estimate of drug-likeness (QED) is 0.751. The number of likely N-dealkylation sites (tertiary alicyclic amines) is 1. The molecule has 3 amide bonds. The zero-order valence-corrected chi connectivity index (χ0v) is 14.2. The molecule has 0 radical (unpaired) electrons. The van der Waals surface area contributed by atoms with Gasteiger partial charge in [-0.15, -0.1) is 12.4 Å². The Labute approximate surface area is 143 Å². The van der Waals surface area contributed by atoms with Crippen molar-refractivity contribution in [2.24, 2.45) is 0 Å². The number of imide groups is 1. The molecule has 1 aliphatic rings. The normalized spacial score (nSPS) is 17.9. The second-order valence-electron chi connectivity index (χ2n) is 5.58. The average Bonchev–Trinajstić information content (AvgIpc) is 2.54. The Bertz CT molecular complexity index is 498. The lowest BCUT2D eigenvalue weighted by molar-refractivity contribution is -0.121. The number of carbonyl (C=O) groups is 2. The molecule has 1 saturated heterocycles. The minimum Gasteiger partial charge on any atom is -0.334 e. The highest BCUT2D eigenvalue weighted by atomic mass is 35.5. The zero-order valence-electron chi connectivity index (χ0n) is 13.4. The first-order valence-corrected chi connectivity index (χ1v) is 7.68. The number of urea groups is 1. The number of nitrogens with one attached hydrogen (secondary N) is 3. The Morgan fingerprint density at radius 2 is 2.00 bits per heavy atom. The van der Waals surface area contributed by atoms with Crippen molar-refractivity contribution < 1.29 is 9.59 Å². The smallest absolute Gasteiger partial charge is 0.321 e. The fourth-order valence-corrected chi connectivity index (χ4v) is 2.63. The lowest BCUT2D eigenvalue weighted by atomic mass is 10.1. The summed E-state index contributed by atoms with van der Waals surface area (Å²) in [7, 11) is 1.94. The molecule has 1 fully saturated rings. The predicted molar refractivity (Wildman–Crippen MR) is 92.6 cm³/mol. The lowest BCUT2D eigenvalue weighted by Gasteiger charge is -2.31. The van der Waals surface area contributed by atoms with Crippen molar-refractivity contribution in [3.8, 4) is 0 Å². The van der Waals surface area contributed by atoms with E-state index in [0.717, 1.165) is 31.5 Å². The van der Waals surface area contributed by atoms with Crippen LogP contribution in [0.15, 0.2) is 30.3 Å². The van der Waals surface area contributed by atoms with Crippen LogP contribution in [0.5, 0.6) is 0 Å². The molecule has 0 spiro atoms. The molecular weight excluding hydrogens is 316 g/mol. The van der Waals surface area contributed by atoms with Crippen LogP contribution in [0.25, 0.3) is 0 Å². The van der Waals surface area contributed by atoms with E-state index in [1.807, 2.05) is 37.4 Å². The number of benzene rings is 1. The van der Waals surface area contributed by atoms with E-state index in [1.165, 1.54) is 0 Å². The standard InChI is InChI=1S/C16H24N4O2.ClH/c1-17-14-8-5-9-20(11-14)12-15(21)19-16(22)18-10-13-6-3-2-4-7-13;/h2-4,6-7,14,17H,5,8-12H2,1H3,(H2,18,19,21,22);1H. The van der Waals surface area contributed by atoms with Gasteiger partial charge in [-0.1, -0.05) is 30.3 Å². The first-order chi connectivity index (χ1) is 10.7. The Balaban J connectivity index is 0.00000264. The third-order valence-corrected chi connectivity index (χ3v) is 3.83. The van der Waals surface area contributed by atoms with Crippen LogP contribution in [0.3, 0.4) is 0 Å². The molecule has 0 saturated carbocycles. The second kappa shape index (κ2) is 10.2. The number of rotatable bonds is 5. The first-order valence-electron chi connectivity index (χ1n) is 7.68. The largest absolute Gasteiger partial charge is 0.334 e. The van der Waals surface area contributed by atoms with Crippen molar-refractivity contribution in [1.29, 1.82) is 0 Å². The van der Waals surface area contributed by atoms with Crippen LogP contribution in [0, 0.1) is 0 Å². The Morgan fingerprint density at radius 1 is 1.26 bits per heavy atom. The first kappa shape index (κ1) is 19.4. The topological polar surface area (TPSA) is 73.5 Å². The number of hydrogen-bond donors (Lipinski definition) is 3. The Morgan fingerprint density at radius 3 is 2.70 bits per heavy atom. The molecule has 0 aromatic heterocycles. The molecule has 0 aliphatic carbocycles. The second-order valence-corrected chi connectivity index (χ2v) is 5.58. The number of piperidine rings is 1. The van der Waals surface area contributed by atoms with Gasteiger partial charge in [0, 0.05) is 19.1 Å². The summed E-state index contributed by atoms with van der Waals surface area (Å²) in [5.74, 6) is -0.262. The number of carbonyl (C=O) groups excluding carboxylic acids is 2. The van der Waals surface area contributed by atoms with Crippen molar-refractivity contribution >= 4 is 24.3 Å². The number of nitrogens with zero attached hydrogens (tertiary/aromatic N) is 1. The molecule has 23 heavy (non-hydrogen) atoms. The summed E-state index contributed by atoms with van der Waals surface area (Å²) in [6, 6.07) is 9.57. The van der Waals surface area contributed by atoms with E-state index < -0.39 is 6.03 Å². The Kier molecular flexibility index (Phi) is 8.61. The molecule has 1 heterocycles. The molecule has 1 unspecified atom stereocenters. The number of amides is 3. The molecule has 3 N–H and O–H groups in total. The van der Waals surface area contributed by atoms with Crippen LogP contribution >= 0.6 is 12.4 Å². The third-order valence-electron chi connectivity index (χ3n) is 3.83. The fraction of sp³-hybridized carbons (Fsp3) is 0.500. The van der Waals surface area contributed by atoms with E-state index >= 15 is 0 Å². The Hall–Kier alpha value is -1.63. The highest BCUT2D eigenvalue weighted by molar-refractivity contribution is 5.95. The summed E-state index contributed by atoms with van der Waals surface area (Å²) in [5.41, 5.74) is 0.998. The summed E-state index contributed by atoms with van der Waals surface area (Å²) in [5, 5.41) is 8.30. The van der Waals surface area contributed by atoms with Gasteiger partial charge >= 0.3 is 6.03 Å². The monoisotopic (exact) mass is 340 g/mol. The van der Waals surface area contributed by atoms with E-state index in [9.17, 15) is 9.59 Å². The van der Waals surface area contributed by atoms with E-state index in [-0.39, 0.29) is 24.9 Å². The van der Waals surface area contributed by atoms with Crippen LogP contribution in [0.4, 0.5) is 4.79 Å². The van der Waals surface area contributed by atoms with Crippen LogP contribution in [0.2, 0.25) is 0 Å². The van der Waals surface area contributed by atoms with Gasteiger partial charge in [-0.05, 0) is 32.0 Å². The molecule has 0 bridgehead atoms. The number of likely N-dealkylation sites (N-methyl/N-ethyl adjacent to an activating group) is 1. The van der Waals surface area contributed by atoms with Gasteiger partial charge in [0.25, 0.3) is 0 Å². The van der Waals surface area contributed by atoms with Gasteiger partial charge in [-0.25, -0.2) is 4.79 Å². The summed E-state index contributed by atoms with van der Waals surface area (Å²) >= 11 is 0. The van der Waals surface area contributed by atoms with Crippen molar-refractivity contribution in [3.63, 3.8) is 0 Å². The van der Waals surface area contributed by atoms with Gasteiger partial charge in [-0.2, -0.15) is 0 Å².